The fraction of sp³-hybridized carbons (Fsp3) is 1.00. The van der Waals surface area contributed by atoms with Gasteiger partial charge < -0.3 is 14.2 Å². The van der Waals surface area contributed by atoms with Crippen molar-refractivity contribution in [1.29, 1.82) is 0 Å². The molecule has 0 heterocycles. The third kappa shape index (κ3) is 2.84. The summed E-state index contributed by atoms with van der Waals surface area (Å²) in [5.74, 6) is 0.572. The van der Waals surface area contributed by atoms with Crippen molar-refractivity contribution in [3.8, 4) is 0 Å². The van der Waals surface area contributed by atoms with Crippen molar-refractivity contribution in [2.24, 2.45) is 11.3 Å². The Hall–Kier alpha value is -0.260. The van der Waals surface area contributed by atoms with Crippen LogP contribution in [0.25, 0.3) is 0 Å². The Labute approximate surface area is 125 Å². The second-order valence-corrected chi connectivity index (χ2v) is 7.42. The van der Waals surface area contributed by atoms with Crippen LogP contribution in [0.5, 0.6) is 0 Å². The minimum Gasteiger partial charge on any atom is -0.378 e. The summed E-state index contributed by atoms with van der Waals surface area (Å²) in [6.07, 6.45) is 3.63. The average molecular weight is 304 g/mol. The maximum Gasteiger partial charge on any atom is 0.261 e. The van der Waals surface area contributed by atoms with Crippen LogP contribution in [0.1, 0.15) is 45.4 Å². The van der Waals surface area contributed by atoms with Gasteiger partial charge in [-0.2, -0.15) is 0 Å². The van der Waals surface area contributed by atoms with E-state index >= 15 is 0 Å². The smallest absolute Gasteiger partial charge is 0.261 e. The molecule has 0 aromatic rings. The Kier molecular flexibility index (Phi) is 4.04. The van der Waals surface area contributed by atoms with Gasteiger partial charge in [-0.1, -0.05) is 0 Å². The zero-order chi connectivity index (χ0) is 15.1. The van der Waals surface area contributed by atoms with Gasteiger partial charge in [0.05, 0.1) is 17.8 Å². The topological polar surface area (TPSA) is 27.7 Å². The highest BCUT2D eigenvalue weighted by Crippen LogP contribution is 2.65. The van der Waals surface area contributed by atoms with Crippen LogP contribution < -0.4 is 0 Å². The lowest BCUT2D eigenvalue weighted by Crippen LogP contribution is -2.65. The van der Waals surface area contributed by atoms with Gasteiger partial charge in [0.1, 0.15) is 6.61 Å². The van der Waals surface area contributed by atoms with Crippen LogP contribution in [0.4, 0.5) is 8.78 Å². The summed E-state index contributed by atoms with van der Waals surface area (Å²) in [5, 5.41) is 0. The van der Waals surface area contributed by atoms with Crippen LogP contribution in [0.15, 0.2) is 0 Å². The molecule has 0 N–H and O–H groups in total. The number of ether oxygens (including phenoxy) is 3. The summed E-state index contributed by atoms with van der Waals surface area (Å²) in [7, 11) is 1.78. The summed E-state index contributed by atoms with van der Waals surface area (Å²) in [6.45, 7) is 2.67. The Bertz CT molecular complexity index is 392. The molecular weight excluding hydrogens is 278 g/mol. The van der Waals surface area contributed by atoms with Crippen molar-refractivity contribution in [3.63, 3.8) is 0 Å². The van der Waals surface area contributed by atoms with Crippen molar-refractivity contribution in [2.45, 2.75) is 63.1 Å². The van der Waals surface area contributed by atoms with Crippen LogP contribution in [0.2, 0.25) is 0 Å². The Morgan fingerprint density at radius 3 is 2.48 bits per heavy atom. The van der Waals surface area contributed by atoms with E-state index in [2.05, 4.69) is 0 Å². The van der Waals surface area contributed by atoms with Crippen molar-refractivity contribution >= 4 is 0 Å². The highest BCUT2D eigenvalue weighted by Gasteiger charge is 2.64. The van der Waals surface area contributed by atoms with Gasteiger partial charge in [-0.25, -0.2) is 8.78 Å². The lowest BCUT2D eigenvalue weighted by molar-refractivity contribution is -0.263. The van der Waals surface area contributed by atoms with Gasteiger partial charge in [0.25, 0.3) is 6.43 Å². The van der Waals surface area contributed by atoms with Gasteiger partial charge in [-0.15, -0.1) is 0 Å². The number of hydrogen-bond donors (Lipinski definition) is 0. The van der Waals surface area contributed by atoms with Crippen LogP contribution in [-0.2, 0) is 14.2 Å². The van der Waals surface area contributed by atoms with Gasteiger partial charge in [0, 0.05) is 20.1 Å². The third-order valence-electron chi connectivity index (χ3n) is 5.62. The Morgan fingerprint density at radius 2 is 1.81 bits per heavy atom. The molecule has 4 rings (SSSR count). The van der Waals surface area contributed by atoms with E-state index in [0.29, 0.717) is 19.1 Å². The first-order valence-electron chi connectivity index (χ1n) is 7.99. The maximum atomic E-state index is 12.4. The molecule has 0 amide bonds. The highest BCUT2D eigenvalue weighted by molar-refractivity contribution is 5.15. The number of halogens is 2. The molecule has 122 valence electrons. The first-order chi connectivity index (χ1) is 9.94. The van der Waals surface area contributed by atoms with E-state index in [0.717, 1.165) is 38.5 Å². The summed E-state index contributed by atoms with van der Waals surface area (Å²) in [5.41, 5.74) is -0.305. The number of alkyl halides is 2. The lowest BCUT2D eigenvalue weighted by Gasteiger charge is -2.65. The van der Waals surface area contributed by atoms with E-state index in [9.17, 15) is 8.78 Å². The molecule has 0 aromatic heterocycles. The fourth-order valence-corrected chi connectivity index (χ4v) is 5.68. The molecule has 5 heteroatoms. The first-order valence-corrected chi connectivity index (χ1v) is 7.99. The molecule has 0 aromatic carbocycles. The van der Waals surface area contributed by atoms with Crippen LogP contribution >= 0.6 is 0 Å². The highest BCUT2D eigenvalue weighted by atomic mass is 19.3. The second kappa shape index (κ2) is 5.43. The molecule has 4 aliphatic carbocycles. The van der Waals surface area contributed by atoms with Gasteiger partial charge in [0.2, 0.25) is 0 Å². The number of methoxy groups -OCH3 is 1. The molecule has 0 saturated heterocycles. The van der Waals surface area contributed by atoms with Crippen molar-refractivity contribution in [2.75, 3.05) is 26.9 Å². The standard InChI is InChI=1S/C16H26F2O3/c1-3-21-16-6-12-4-14(9-16,11-20-7-13(17)18)8-15(5-12,10-16)19-2/h12-13H,3-11H2,1-2H3. The van der Waals surface area contributed by atoms with Crippen molar-refractivity contribution < 1.29 is 23.0 Å². The molecule has 4 bridgehead atoms. The third-order valence-corrected chi connectivity index (χ3v) is 5.62. The molecule has 4 fully saturated rings. The van der Waals surface area contributed by atoms with Crippen molar-refractivity contribution in [1.82, 2.24) is 0 Å². The second-order valence-electron chi connectivity index (χ2n) is 7.42. The maximum absolute atomic E-state index is 12.4. The van der Waals surface area contributed by atoms with E-state index in [4.69, 9.17) is 14.2 Å². The monoisotopic (exact) mass is 304 g/mol. The van der Waals surface area contributed by atoms with E-state index in [1.54, 1.807) is 7.11 Å². The fourth-order valence-electron chi connectivity index (χ4n) is 5.68. The average Bonchev–Trinajstić information content (AvgIpc) is 2.36. The normalized spacial score (nSPS) is 44.7. The van der Waals surface area contributed by atoms with E-state index < -0.39 is 13.0 Å². The summed E-state index contributed by atoms with van der Waals surface area (Å²) < 4.78 is 42.1. The molecule has 0 aliphatic heterocycles. The van der Waals surface area contributed by atoms with E-state index in [1.165, 1.54) is 0 Å². The zero-order valence-electron chi connectivity index (χ0n) is 13.0. The minimum atomic E-state index is -2.39. The van der Waals surface area contributed by atoms with Crippen LogP contribution in [-0.4, -0.2) is 44.6 Å². The van der Waals surface area contributed by atoms with Gasteiger partial charge >= 0.3 is 0 Å². The molecule has 3 nitrogen and oxygen atoms in total. The van der Waals surface area contributed by atoms with Gasteiger partial charge in [0.15, 0.2) is 0 Å². The van der Waals surface area contributed by atoms with E-state index in [-0.39, 0.29) is 16.6 Å². The number of rotatable bonds is 7. The van der Waals surface area contributed by atoms with Gasteiger partial charge in [-0.3, -0.25) is 0 Å². The molecule has 4 aliphatic rings. The van der Waals surface area contributed by atoms with Gasteiger partial charge in [-0.05, 0) is 50.4 Å². The molecular formula is C16H26F2O3. The molecule has 21 heavy (non-hydrogen) atoms. The molecule has 4 atom stereocenters. The predicted octanol–water partition coefficient (Wildman–Crippen LogP) is 3.41. The molecule has 0 radical (unpaired) electrons. The van der Waals surface area contributed by atoms with Crippen LogP contribution in [0.3, 0.4) is 0 Å². The molecule has 0 spiro atoms. The van der Waals surface area contributed by atoms with Crippen molar-refractivity contribution in [3.05, 3.63) is 0 Å². The summed E-state index contributed by atoms with van der Waals surface area (Å²) in [6, 6.07) is 0. The largest absolute Gasteiger partial charge is 0.378 e. The lowest BCUT2D eigenvalue weighted by atomic mass is 9.46. The Balaban J connectivity index is 1.78. The minimum absolute atomic E-state index is 0.0422. The predicted molar refractivity (Wildman–Crippen MR) is 74.5 cm³/mol. The molecule has 4 saturated carbocycles. The van der Waals surface area contributed by atoms with Crippen LogP contribution in [0, 0.1) is 11.3 Å². The summed E-state index contributed by atoms with van der Waals surface area (Å²) >= 11 is 0. The Morgan fingerprint density at radius 1 is 1.10 bits per heavy atom. The quantitative estimate of drug-likeness (QED) is 0.721. The summed E-state index contributed by atoms with van der Waals surface area (Å²) in [4.78, 5) is 0. The SMILES string of the molecule is CCOC12CC3CC(COCC(F)F)(CC(OC)(C3)C1)C2. The first kappa shape index (κ1) is 15.6. The number of hydrogen-bond acceptors (Lipinski definition) is 3. The molecule has 4 unspecified atom stereocenters. The zero-order valence-corrected chi connectivity index (χ0v) is 13.0. The van der Waals surface area contributed by atoms with E-state index in [1.807, 2.05) is 6.92 Å².